The molecule has 22 heavy (non-hydrogen) atoms. The number of carbonyl (C=O) groups excluding carboxylic acids is 1. The fraction of sp³-hybridized carbons (Fsp3) is 0.375. The Kier molecular flexibility index (Phi) is 3.88. The maximum atomic E-state index is 12.5. The van der Waals surface area contributed by atoms with E-state index in [2.05, 4.69) is 5.32 Å². The number of rotatable bonds is 5. The molecule has 1 aromatic carbocycles. The number of carbonyl (C=O) groups is 2. The predicted octanol–water partition coefficient (Wildman–Crippen LogP) is 3.35. The average Bonchev–Trinajstić information content (AvgIpc) is 2.86. The Labute approximate surface area is 131 Å². The van der Waals surface area contributed by atoms with Crippen LogP contribution in [0.4, 0.5) is 5.69 Å². The zero-order chi connectivity index (χ0) is 15.7. The third-order valence-corrected chi connectivity index (χ3v) is 5.30. The molecule has 116 valence electrons. The molecule has 0 atom stereocenters. The summed E-state index contributed by atoms with van der Waals surface area (Å²) in [6.07, 6.45) is 2.73. The molecule has 1 heterocycles. The highest BCUT2D eigenvalue weighted by molar-refractivity contribution is 7.20. The summed E-state index contributed by atoms with van der Waals surface area (Å²) >= 11 is 1.23. The van der Waals surface area contributed by atoms with Gasteiger partial charge in [0, 0.05) is 17.5 Å². The van der Waals surface area contributed by atoms with Crippen LogP contribution in [0.15, 0.2) is 24.3 Å². The van der Waals surface area contributed by atoms with Crippen molar-refractivity contribution >= 4 is 39.0 Å². The fourth-order valence-electron chi connectivity index (χ4n) is 2.81. The van der Waals surface area contributed by atoms with E-state index in [4.69, 9.17) is 9.84 Å². The van der Waals surface area contributed by atoms with E-state index in [1.165, 1.54) is 11.3 Å². The maximum absolute atomic E-state index is 12.5. The summed E-state index contributed by atoms with van der Waals surface area (Å²) in [7, 11) is 1.61. The van der Waals surface area contributed by atoms with Crippen LogP contribution in [0, 0.1) is 5.41 Å². The van der Waals surface area contributed by atoms with Crippen molar-refractivity contribution in [1.82, 2.24) is 0 Å². The number of carboxylic acid groups (broad SMARTS) is 1. The zero-order valence-corrected chi connectivity index (χ0v) is 13.0. The standard InChI is InChI=1S/C16H17NO4S/c1-21-9-16(5-2-6-16)15(20)17-11-3-4-12-10(7-11)8-13(22-12)14(18)19/h3-4,7-8H,2,5-6,9H2,1H3,(H,17,20)(H,18,19). The van der Waals surface area contributed by atoms with E-state index < -0.39 is 11.4 Å². The number of thiophene rings is 1. The second-order valence-electron chi connectivity index (χ2n) is 5.69. The molecule has 3 rings (SSSR count). The summed E-state index contributed by atoms with van der Waals surface area (Å²) < 4.78 is 6.08. The van der Waals surface area contributed by atoms with Crippen molar-refractivity contribution in [3.05, 3.63) is 29.1 Å². The first-order valence-corrected chi connectivity index (χ1v) is 7.93. The van der Waals surface area contributed by atoms with Crippen LogP contribution in [-0.4, -0.2) is 30.7 Å². The van der Waals surface area contributed by atoms with Gasteiger partial charge in [0.25, 0.3) is 0 Å². The third kappa shape index (κ3) is 2.60. The quantitative estimate of drug-likeness (QED) is 0.886. The average molecular weight is 319 g/mol. The van der Waals surface area contributed by atoms with Crippen LogP contribution in [-0.2, 0) is 9.53 Å². The predicted molar refractivity (Wildman–Crippen MR) is 85.6 cm³/mol. The Bertz CT molecular complexity index is 733. The summed E-state index contributed by atoms with van der Waals surface area (Å²) in [5.74, 6) is -0.950. The van der Waals surface area contributed by atoms with Gasteiger partial charge >= 0.3 is 5.97 Å². The number of carboxylic acids is 1. The van der Waals surface area contributed by atoms with Gasteiger partial charge in [-0.1, -0.05) is 6.42 Å². The number of methoxy groups -OCH3 is 1. The molecule has 2 N–H and O–H groups in total. The minimum absolute atomic E-state index is 0.0198. The van der Waals surface area contributed by atoms with E-state index in [1.54, 1.807) is 13.2 Å². The van der Waals surface area contributed by atoms with E-state index in [0.29, 0.717) is 17.2 Å². The van der Waals surface area contributed by atoms with Crippen molar-refractivity contribution in [3.8, 4) is 0 Å². The van der Waals surface area contributed by atoms with Crippen LogP contribution in [0.1, 0.15) is 28.9 Å². The molecule has 1 aliphatic carbocycles. The Morgan fingerprint density at radius 1 is 1.36 bits per heavy atom. The van der Waals surface area contributed by atoms with Gasteiger partial charge in [-0.25, -0.2) is 4.79 Å². The van der Waals surface area contributed by atoms with Gasteiger partial charge in [0.2, 0.25) is 5.91 Å². The van der Waals surface area contributed by atoms with Crippen molar-refractivity contribution < 1.29 is 19.4 Å². The molecule has 6 heteroatoms. The second kappa shape index (κ2) is 5.70. The Morgan fingerprint density at radius 2 is 2.14 bits per heavy atom. The molecular formula is C16H17NO4S. The lowest BCUT2D eigenvalue weighted by atomic mass is 9.68. The first kappa shape index (κ1) is 15.0. The number of anilines is 1. The largest absolute Gasteiger partial charge is 0.477 e. The van der Waals surface area contributed by atoms with Crippen LogP contribution >= 0.6 is 11.3 Å². The first-order chi connectivity index (χ1) is 10.5. The highest BCUT2D eigenvalue weighted by Crippen LogP contribution is 2.42. The molecule has 1 saturated carbocycles. The molecule has 5 nitrogen and oxygen atoms in total. The minimum atomic E-state index is -0.930. The van der Waals surface area contributed by atoms with E-state index >= 15 is 0 Å². The molecular weight excluding hydrogens is 302 g/mol. The fourth-order valence-corrected chi connectivity index (χ4v) is 3.69. The van der Waals surface area contributed by atoms with Gasteiger partial charge in [-0.3, -0.25) is 4.79 Å². The van der Waals surface area contributed by atoms with Crippen LogP contribution in [0.3, 0.4) is 0 Å². The van der Waals surface area contributed by atoms with E-state index in [0.717, 1.165) is 29.3 Å². The second-order valence-corrected chi connectivity index (χ2v) is 6.77. The van der Waals surface area contributed by atoms with Crippen LogP contribution < -0.4 is 5.32 Å². The smallest absolute Gasteiger partial charge is 0.345 e. The molecule has 1 fully saturated rings. The van der Waals surface area contributed by atoms with Gasteiger partial charge < -0.3 is 15.2 Å². The molecule has 1 aliphatic rings. The van der Waals surface area contributed by atoms with Crippen LogP contribution in [0.25, 0.3) is 10.1 Å². The number of aromatic carboxylic acids is 1. The number of amides is 1. The summed E-state index contributed by atoms with van der Waals surface area (Å²) in [4.78, 5) is 23.8. The van der Waals surface area contributed by atoms with Gasteiger partial charge in [-0.05, 0) is 42.5 Å². The van der Waals surface area contributed by atoms with Crippen molar-refractivity contribution in [1.29, 1.82) is 0 Å². The number of ether oxygens (including phenoxy) is 1. The summed E-state index contributed by atoms with van der Waals surface area (Å²) in [5.41, 5.74) is 0.277. The molecule has 2 aromatic rings. The number of benzene rings is 1. The Hall–Kier alpha value is -1.92. The highest BCUT2D eigenvalue weighted by Gasteiger charge is 2.44. The van der Waals surface area contributed by atoms with E-state index in [1.807, 2.05) is 18.2 Å². The molecule has 0 radical (unpaired) electrons. The number of fused-ring (bicyclic) bond motifs is 1. The van der Waals surface area contributed by atoms with E-state index in [9.17, 15) is 9.59 Å². The molecule has 0 aliphatic heterocycles. The van der Waals surface area contributed by atoms with Crippen molar-refractivity contribution in [3.63, 3.8) is 0 Å². The maximum Gasteiger partial charge on any atom is 0.345 e. The van der Waals surface area contributed by atoms with E-state index in [-0.39, 0.29) is 5.91 Å². The topological polar surface area (TPSA) is 75.6 Å². The van der Waals surface area contributed by atoms with Crippen molar-refractivity contribution in [2.45, 2.75) is 19.3 Å². The lowest BCUT2D eigenvalue weighted by molar-refractivity contribution is -0.134. The number of hydrogen-bond donors (Lipinski definition) is 2. The van der Waals surface area contributed by atoms with Gasteiger partial charge in [-0.2, -0.15) is 0 Å². The summed E-state index contributed by atoms with van der Waals surface area (Å²) in [6.45, 7) is 0.433. The normalized spacial score (nSPS) is 16.2. The molecule has 1 aromatic heterocycles. The molecule has 0 bridgehead atoms. The van der Waals surface area contributed by atoms with Crippen molar-refractivity contribution in [2.24, 2.45) is 5.41 Å². The zero-order valence-electron chi connectivity index (χ0n) is 12.2. The van der Waals surface area contributed by atoms with Crippen LogP contribution in [0.5, 0.6) is 0 Å². The van der Waals surface area contributed by atoms with Gasteiger partial charge in [0.15, 0.2) is 0 Å². The molecule has 0 unspecified atom stereocenters. The first-order valence-electron chi connectivity index (χ1n) is 7.11. The molecule has 0 saturated heterocycles. The number of nitrogens with one attached hydrogen (secondary N) is 1. The lowest BCUT2D eigenvalue weighted by Crippen LogP contribution is -2.45. The van der Waals surface area contributed by atoms with Gasteiger partial charge in [0.05, 0.1) is 12.0 Å². The van der Waals surface area contributed by atoms with Crippen LogP contribution in [0.2, 0.25) is 0 Å². The Balaban J connectivity index is 1.81. The minimum Gasteiger partial charge on any atom is -0.477 e. The van der Waals surface area contributed by atoms with Crippen molar-refractivity contribution in [2.75, 3.05) is 19.0 Å². The summed E-state index contributed by atoms with van der Waals surface area (Å²) in [6, 6.07) is 7.09. The SMILES string of the molecule is COCC1(C(=O)Nc2ccc3sc(C(=O)O)cc3c2)CCC1. The third-order valence-electron chi connectivity index (χ3n) is 4.20. The lowest BCUT2D eigenvalue weighted by Gasteiger charge is -2.39. The highest BCUT2D eigenvalue weighted by atomic mass is 32.1. The molecule has 1 amide bonds. The van der Waals surface area contributed by atoms with Gasteiger partial charge in [-0.15, -0.1) is 11.3 Å². The van der Waals surface area contributed by atoms with Gasteiger partial charge in [0.1, 0.15) is 4.88 Å². The Morgan fingerprint density at radius 3 is 2.73 bits per heavy atom. The number of hydrogen-bond acceptors (Lipinski definition) is 4. The molecule has 0 spiro atoms. The monoisotopic (exact) mass is 319 g/mol. The summed E-state index contributed by atoms with van der Waals surface area (Å²) in [5, 5.41) is 12.8.